The Balaban J connectivity index is 3.39. The van der Waals surface area contributed by atoms with E-state index in [1.165, 1.54) is 0 Å². The van der Waals surface area contributed by atoms with Crippen molar-refractivity contribution in [2.24, 2.45) is 0 Å². The van der Waals surface area contributed by atoms with Crippen LogP contribution in [0.4, 0.5) is 0 Å². The summed E-state index contributed by atoms with van der Waals surface area (Å²) < 4.78 is 0. The van der Waals surface area contributed by atoms with Gasteiger partial charge in [0.2, 0.25) is 0 Å². The van der Waals surface area contributed by atoms with E-state index in [2.05, 4.69) is 17.8 Å². The second kappa shape index (κ2) is 4.98. The van der Waals surface area contributed by atoms with Gasteiger partial charge in [0.1, 0.15) is 0 Å². The third kappa shape index (κ3) is 5.69. The lowest BCUT2D eigenvalue weighted by Gasteiger charge is -2.18. The van der Waals surface area contributed by atoms with Gasteiger partial charge in [-0.15, -0.1) is 13.0 Å². The molecule has 0 atom stereocenters. The Hall–Kier alpha value is -0.740. The van der Waals surface area contributed by atoms with Gasteiger partial charge < -0.3 is 5.32 Å². The lowest BCUT2D eigenvalue weighted by atomic mass is 10.1. The second-order valence-electron chi connectivity index (χ2n) is 3.13. The molecule has 0 aliphatic rings. The maximum absolute atomic E-state index is 5.29. The molecule has 62 valence electrons. The summed E-state index contributed by atoms with van der Waals surface area (Å²) in [5, 5.41) is 3.26. The number of hydrogen-bond acceptors (Lipinski definition) is 1. The van der Waals surface area contributed by atoms with E-state index in [1.54, 1.807) is 0 Å². The minimum atomic E-state index is -0.166. The van der Waals surface area contributed by atoms with E-state index in [1.807, 2.05) is 19.9 Å². The molecule has 0 aliphatic carbocycles. The van der Waals surface area contributed by atoms with Crippen LogP contribution in [0.3, 0.4) is 0 Å². The first kappa shape index (κ1) is 10.3. The Morgan fingerprint density at radius 1 is 1.64 bits per heavy atom. The van der Waals surface area contributed by atoms with Crippen molar-refractivity contribution in [2.45, 2.75) is 32.2 Å². The number of terminal acetylenes is 1. The zero-order valence-corrected chi connectivity index (χ0v) is 7.48. The molecule has 0 radical (unpaired) electrons. The molecule has 0 saturated heterocycles. The summed E-state index contributed by atoms with van der Waals surface area (Å²) in [7, 11) is 0. The van der Waals surface area contributed by atoms with E-state index in [4.69, 9.17) is 6.42 Å². The van der Waals surface area contributed by atoms with Crippen LogP contribution in [0, 0.1) is 12.3 Å². The van der Waals surface area contributed by atoms with E-state index in [-0.39, 0.29) is 5.54 Å². The van der Waals surface area contributed by atoms with Gasteiger partial charge in [0.05, 0.1) is 5.54 Å². The summed E-state index contributed by atoms with van der Waals surface area (Å²) in [6, 6.07) is 0. The maximum atomic E-state index is 5.29. The minimum Gasteiger partial charge on any atom is -0.302 e. The number of unbranched alkanes of at least 4 members (excludes halogenated alkanes) is 1. The first-order valence-electron chi connectivity index (χ1n) is 3.96. The summed E-state index contributed by atoms with van der Waals surface area (Å²) in [4.78, 5) is 0. The monoisotopic (exact) mass is 151 g/mol. The number of allylic oxidation sites excluding steroid dienone is 1. The normalized spacial score (nSPS) is 10.6. The molecule has 0 fully saturated rings. The molecule has 0 rings (SSSR count). The molecular weight excluding hydrogens is 134 g/mol. The third-order valence-corrected chi connectivity index (χ3v) is 1.51. The quantitative estimate of drug-likeness (QED) is 0.360. The van der Waals surface area contributed by atoms with Crippen molar-refractivity contribution >= 4 is 0 Å². The molecule has 0 aromatic carbocycles. The van der Waals surface area contributed by atoms with Crippen LogP contribution in [-0.4, -0.2) is 12.1 Å². The molecular formula is C10H17N. The first-order valence-corrected chi connectivity index (χ1v) is 3.96. The van der Waals surface area contributed by atoms with E-state index >= 15 is 0 Å². The molecule has 0 bridgehead atoms. The fourth-order valence-electron chi connectivity index (χ4n) is 0.698. The predicted octanol–water partition coefficient (Wildman–Crippen LogP) is 1.95. The van der Waals surface area contributed by atoms with Crippen LogP contribution in [0.1, 0.15) is 26.7 Å². The highest BCUT2D eigenvalue weighted by atomic mass is 14.9. The fraction of sp³-hybridized carbons (Fsp3) is 0.600. The highest BCUT2D eigenvalue weighted by molar-refractivity contribution is 5.07. The van der Waals surface area contributed by atoms with Crippen LogP contribution in [0.25, 0.3) is 0 Å². The highest BCUT2D eigenvalue weighted by Crippen LogP contribution is 1.99. The standard InChI is InChI=1S/C10H17N/c1-5-7-8-9-11-10(3,4)6-2/h2,5,11H,1,7-9H2,3-4H3. The summed E-state index contributed by atoms with van der Waals surface area (Å²) in [5.41, 5.74) is -0.166. The zero-order chi connectivity index (χ0) is 8.74. The van der Waals surface area contributed by atoms with E-state index in [0.29, 0.717) is 0 Å². The molecule has 0 aromatic heterocycles. The van der Waals surface area contributed by atoms with Gasteiger partial charge >= 0.3 is 0 Å². The Kier molecular flexibility index (Phi) is 4.65. The zero-order valence-electron chi connectivity index (χ0n) is 7.48. The van der Waals surface area contributed by atoms with Crippen molar-refractivity contribution in [1.82, 2.24) is 5.32 Å². The summed E-state index contributed by atoms with van der Waals surface area (Å²) >= 11 is 0. The van der Waals surface area contributed by atoms with E-state index in [9.17, 15) is 0 Å². The fourth-order valence-corrected chi connectivity index (χ4v) is 0.698. The molecule has 0 amide bonds. The maximum Gasteiger partial charge on any atom is 0.0741 e. The number of rotatable bonds is 5. The predicted molar refractivity (Wildman–Crippen MR) is 50.3 cm³/mol. The van der Waals surface area contributed by atoms with Gasteiger partial charge in [-0.25, -0.2) is 0 Å². The van der Waals surface area contributed by atoms with E-state index < -0.39 is 0 Å². The molecule has 11 heavy (non-hydrogen) atoms. The Morgan fingerprint density at radius 2 is 2.27 bits per heavy atom. The van der Waals surface area contributed by atoms with Crippen LogP contribution in [0.15, 0.2) is 12.7 Å². The lowest BCUT2D eigenvalue weighted by molar-refractivity contribution is 0.486. The van der Waals surface area contributed by atoms with Crippen LogP contribution >= 0.6 is 0 Å². The van der Waals surface area contributed by atoms with Gasteiger partial charge in [-0.3, -0.25) is 0 Å². The Labute approximate surface area is 69.9 Å². The molecule has 0 saturated carbocycles. The van der Waals surface area contributed by atoms with Crippen molar-refractivity contribution in [2.75, 3.05) is 6.54 Å². The average Bonchev–Trinajstić information content (AvgIpc) is 1.99. The summed E-state index contributed by atoms with van der Waals surface area (Å²) in [6.07, 6.45) is 9.36. The van der Waals surface area contributed by atoms with Gasteiger partial charge in [0.15, 0.2) is 0 Å². The Bertz CT molecular complexity index is 151. The molecule has 1 heteroatoms. The second-order valence-corrected chi connectivity index (χ2v) is 3.13. The number of nitrogens with one attached hydrogen (secondary N) is 1. The molecule has 0 unspecified atom stereocenters. The summed E-state index contributed by atoms with van der Waals surface area (Å²) in [5.74, 6) is 2.68. The molecule has 1 N–H and O–H groups in total. The SMILES string of the molecule is C#CC(C)(C)NCCCC=C. The third-order valence-electron chi connectivity index (χ3n) is 1.51. The van der Waals surface area contributed by atoms with Crippen LogP contribution in [0.2, 0.25) is 0 Å². The first-order chi connectivity index (χ1) is 5.12. The van der Waals surface area contributed by atoms with Crippen molar-refractivity contribution in [3.05, 3.63) is 12.7 Å². The minimum absolute atomic E-state index is 0.166. The van der Waals surface area contributed by atoms with Gasteiger partial charge in [0, 0.05) is 0 Å². The topological polar surface area (TPSA) is 12.0 Å². The Morgan fingerprint density at radius 3 is 2.73 bits per heavy atom. The van der Waals surface area contributed by atoms with Crippen LogP contribution in [-0.2, 0) is 0 Å². The number of hydrogen-bond donors (Lipinski definition) is 1. The molecule has 0 heterocycles. The van der Waals surface area contributed by atoms with Crippen molar-refractivity contribution in [1.29, 1.82) is 0 Å². The smallest absolute Gasteiger partial charge is 0.0741 e. The van der Waals surface area contributed by atoms with Crippen LogP contribution in [0.5, 0.6) is 0 Å². The molecule has 1 nitrogen and oxygen atoms in total. The largest absolute Gasteiger partial charge is 0.302 e. The summed E-state index contributed by atoms with van der Waals surface area (Å²) in [6.45, 7) is 8.61. The molecule has 0 aromatic rings. The van der Waals surface area contributed by atoms with Gasteiger partial charge in [-0.05, 0) is 33.2 Å². The highest BCUT2D eigenvalue weighted by Gasteiger charge is 2.10. The lowest BCUT2D eigenvalue weighted by Crippen LogP contribution is -2.38. The van der Waals surface area contributed by atoms with Crippen molar-refractivity contribution in [3.63, 3.8) is 0 Å². The molecule has 0 spiro atoms. The van der Waals surface area contributed by atoms with Crippen LogP contribution < -0.4 is 5.32 Å². The van der Waals surface area contributed by atoms with Crippen molar-refractivity contribution in [3.8, 4) is 12.3 Å². The van der Waals surface area contributed by atoms with Crippen molar-refractivity contribution < 1.29 is 0 Å². The van der Waals surface area contributed by atoms with Gasteiger partial charge in [0.25, 0.3) is 0 Å². The average molecular weight is 151 g/mol. The van der Waals surface area contributed by atoms with E-state index in [0.717, 1.165) is 19.4 Å². The van der Waals surface area contributed by atoms with Gasteiger partial charge in [-0.2, -0.15) is 0 Å². The molecule has 0 aliphatic heterocycles. The van der Waals surface area contributed by atoms with Gasteiger partial charge in [-0.1, -0.05) is 12.0 Å².